The van der Waals surface area contributed by atoms with E-state index in [1.807, 2.05) is 0 Å². The van der Waals surface area contributed by atoms with Crippen molar-refractivity contribution in [1.29, 1.82) is 0 Å². The van der Waals surface area contributed by atoms with Crippen LogP contribution in [0.25, 0.3) is 0 Å². The third-order valence-electron chi connectivity index (χ3n) is 8.22. The fourth-order valence-electron chi connectivity index (χ4n) is 6.24. The zero-order valence-electron chi connectivity index (χ0n) is 32.6. The van der Waals surface area contributed by atoms with E-state index in [0.29, 0.717) is 0 Å². The van der Waals surface area contributed by atoms with Crippen LogP contribution in [0.3, 0.4) is 0 Å². The van der Waals surface area contributed by atoms with Gasteiger partial charge in [-0.3, -0.25) is 0 Å². The number of phosphoric acid groups is 4. The van der Waals surface area contributed by atoms with Gasteiger partial charge in [0.05, 0.1) is 0 Å². The first-order valence-electron chi connectivity index (χ1n) is 17.8. The van der Waals surface area contributed by atoms with E-state index in [2.05, 4.69) is 78.9 Å². The lowest BCUT2D eigenvalue weighted by Crippen LogP contribution is -2.39. The molecule has 1 aliphatic rings. The second kappa shape index (κ2) is 23.8. The molecule has 0 amide bonds. The number of rotatable bonds is 32. The summed E-state index contributed by atoms with van der Waals surface area (Å²) in [4.78, 5) is 0. The topological polar surface area (TPSA) is 142 Å². The third kappa shape index (κ3) is 15.5. The van der Waals surface area contributed by atoms with Crippen LogP contribution in [0.4, 0.5) is 0 Å². The highest BCUT2D eigenvalue weighted by molar-refractivity contribution is 7.77. The van der Waals surface area contributed by atoms with Gasteiger partial charge in [0, 0.05) is 0 Å². The van der Waals surface area contributed by atoms with Crippen LogP contribution in [-0.4, -0.2) is 33.3 Å². The number of hydrogen-bond donors (Lipinski definition) is 0. The van der Waals surface area contributed by atoms with Gasteiger partial charge in [-0.15, -0.1) is 78.9 Å². The first-order valence-corrected chi connectivity index (χ1v) is 33.7. The molecule has 1 aliphatic heterocycles. The Morgan fingerprint density at radius 1 is 0.286 bits per heavy atom. The molecule has 1 saturated heterocycles. The highest BCUT2D eigenvalue weighted by Gasteiger charge is 2.63. The maximum Gasteiger partial charge on any atom is 0.482 e. The minimum Gasteiger partial charge on any atom is -0.328 e. The van der Waals surface area contributed by atoms with Crippen molar-refractivity contribution in [3.05, 3.63) is 152 Å². The molecule has 0 aromatic heterocycles. The third-order valence-corrected chi connectivity index (χ3v) is 36.8. The van der Waals surface area contributed by atoms with Gasteiger partial charge in [0.15, 0.2) is 0 Å². The van der Waals surface area contributed by atoms with E-state index in [4.69, 9.17) is 34.1 Å². The van der Waals surface area contributed by atoms with Crippen molar-refractivity contribution in [3.8, 4) is 0 Å². The zero-order valence-corrected chi connectivity index (χ0v) is 40.2. The van der Waals surface area contributed by atoms with Crippen LogP contribution in [0.2, 0.25) is 72.5 Å². The van der Waals surface area contributed by atoms with Crippen LogP contribution in [-0.2, 0) is 52.4 Å². The monoisotopic (exact) mass is 920 g/mol. The van der Waals surface area contributed by atoms with Gasteiger partial charge in [-0.05, 0) is 72.5 Å². The Morgan fingerprint density at radius 3 is 0.482 bits per heavy atom. The van der Waals surface area contributed by atoms with Gasteiger partial charge >= 0.3 is 31.3 Å². The van der Waals surface area contributed by atoms with Crippen molar-refractivity contribution < 1.29 is 52.4 Å². The van der Waals surface area contributed by atoms with E-state index in [9.17, 15) is 0 Å². The lowest BCUT2D eigenvalue weighted by Gasteiger charge is -2.41. The van der Waals surface area contributed by atoms with E-state index in [1.54, 1.807) is 0 Å². The number of allylic oxidation sites excluding steroid dienone is 12. The molecule has 20 heteroatoms. The predicted octanol–water partition coefficient (Wildman–Crippen LogP) is 14.6. The predicted molar refractivity (Wildman–Crippen MR) is 242 cm³/mol. The van der Waals surface area contributed by atoms with Gasteiger partial charge in [0.2, 0.25) is 33.3 Å². The van der Waals surface area contributed by atoms with Crippen LogP contribution in [0.5, 0.6) is 0 Å². The summed E-state index contributed by atoms with van der Waals surface area (Å²) in [6.45, 7) is 45.9. The molecule has 0 atom stereocenters. The molecule has 1 rings (SSSR count). The summed E-state index contributed by atoms with van der Waals surface area (Å²) >= 11 is 0. The maximum atomic E-state index is 15.3. The maximum absolute atomic E-state index is 15.3. The Hall–Kier alpha value is -1.65. The molecule has 0 N–H and O–H groups in total. The standard InChI is InChI=1S/C36H60O12P4Si4/c1-13-25-53(26-14-2,27-15-3)45-49(37)41-50(38,46-54(28-16-4,29-17-5)30-18-6)43-52(40,48-56(34-22-10,35-23-11)36-24-12)44-51(39,42-49)47-55(31-19-7,32-20-8)33-21-9/h13-24H,1-12,25-36H2. The van der Waals surface area contributed by atoms with Crippen molar-refractivity contribution in [3.63, 3.8) is 0 Å². The average molecular weight is 921 g/mol. The summed E-state index contributed by atoms with van der Waals surface area (Å²) in [6.07, 6.45) is 18.4. The molecular formula is C36H60O12P4Si4. The highest BCUT2D eigenvalue weighted by Crippen LogP contribution is 2.85. The van der Waals surface area contributed by atoms with Crippen molar-refractivity contribution in [2.45, 2.75) is 72.5 Å². The second-order valence-corrected chi connectivity index (χ2v) is 36.6. The first-order chi connectivity index (χ1) is 26.4. The minimum absolute atomic E-state index is 0.129. The number of hydrogen-bond acceptors (Lipinski definition) is 12. The van der Waals surface area contributed by atoms with Crippen LogP contribution in [0.1, 0.15) is 0 Å². The molecule has 56 heavy (non-hydrogen) atoms. The molecule has 0 aliphatic carbocycles. The highest BCUT2D eigenvalue weighted by atomic mass is 31.3. The van der Waals surface area contributed by atoms with Gasteiger partial charge < -0.3 is 16.9 Å². The van der Waals surface area contributed by atoms with Crippen LogP contribution < -0.4 is 0 Å². The molecule has 0 saturated carbocycles. The van der Waals surface area contributed by atoms with Gasteiger partial charge in [0.25, 0.3) is 0 Å². The quantitative estimate of drug-likeness (QED) is 0.0360. The van der Waals surface area contributed by atoms with Crippen molar-refractivity contribution in [1.82, 2.24) is 0 Å². The molecule has 0 spiro atoms. The van der Waals surface area contributed by atoms with E-state index >= 15 is 18.3 Å². The Kier molecular flexibility index (Phi) is 22.3. The molecule has 0 bridgehead atoms. The Bertz CT molecular complexity index is 1310. The molecule has 0 aromatic rings. The lowest BCUT2D eigenvalue weighted by molar-refractivity contribution is 0.171. The summed E-state index contributed by atoms with van der Waals surface area (Å²) in [7, 11) is -35.9. The lowest BCUT2D eigenvalue weighted by atomic mass is 10.7. The molecule has 0 radical (unpaired) electrons. The molecule has 1 fully saturated rings. The van der Waals surface area contributed by atoms with Crippen LogP contribution >= 0.6 is 31.3 Å². The van der Waals surface area contributed by atoms with Gasteiger partial charge in [0.1, 0.15) is 0 Å². The van der Waals surface area contributed by atoms with Gasteiger partial charge in [-0.1, -0.05) is 72.9 Å². The Labute approximate surface area is 339 Å². The summed E-state index contributed by atoms with van der Waals surface area (Å²) in [6, 6.07) is 1.55. The van der Waals surface area contributed by atoms with Crippen molar-refractivity contribution >= 4 is 64.6 Å². The summed E-state index contributed by atoms with van der Waals surface area (Å²) < 4.78 is 110. The molecule has 0 unspecified atom stereocenters. The van der Waals surface area contributed by atoms with Crippen molar-refractivity contribution in [2.24, 2.45) is 0 Å². The van der Waals surface area contributed by atoms with Gasteiger partial charge in [-0.2, -0.15) is 17.2 Å². The molecular weight excluding hydrogens is 861 g/mol. The van der Waals surface area contributed by atoms with Crippen LogP contribution in [0, 0.1) is 0 Å². The molecule has 312 valence electrons. The SMILES string of the molecule is C=CC[Si](CC=C)(CC=C)OP1(=O)OP(=O)(O[Si](CC=C)(CC=C)CC=C)OP(=O)(O[Si](CC=C)(CC=C)CC=C)OP(=O)(O[Si](CC=C)(CC=C)CC=C)O1. The normalized spacial score (nSPS) is 24.6. The second-order valence-electron chi connectivity index (χ2n) is 13.1. The van der Waals surface area contributed by atoms with E-state index in [-0.39, 0.29) is 72.5 Å². The molecule has 1 heterocycles. The zero-order chi connectivity index (χ0) is 42.6. The van der Waals surface area contributed by atoms with E-state index in [0.717, 1.165) is 0 Å². The van der Waals surface area contributed by atoms with E-state index in [1.165, 1.54) is 72.9 Å². The fraction of sp³-hybridized carbons (Fsp3) is 0.333. The van der Waals surface area contributed by atoms with Gasteiger partial charge in [-0.25, -0.2) is 18.3 Å². The molecule has 12 nitrogen and oxygen atoms in total. The van der Waals surface area contributed by atoms with E-state index < -0.39 is 64.6 Å². The summed E-state index contributed by atoms with van der Waals surface area (Å²) in [5, 5.41) is 0. The summed E-state index contributed by atoms with van der Waals surface area (Å²) in [5.74, 6) is 0. The summed E-state index contributed by atoms with van der Waals surface area (Å²) in [5.41, 5.74) is 0. The van der Waals surface area contributed by atoms with Crippen LogP contribution in [0.15, 0.2) is 152 Å². The first kappa shape index (κ1) is 52.4. The smallest absolute Gasteiger partial charge is 0.328 e. The molecule has 0 aromatic carbocycles. The largest absolute Gasteiger partial charge is 0.482 e. The minimum atomic E-state index is -5.50. The Morgan fingerprint density at radius 2 is 0.393 bits per heavy atom. The average Bonchev–Trinajstić information content (AvgIpc) is 3.04. The fourth-order valence-corrected chi connectivity index (χ4v) is 34.7. The Balaban J connectivity index is 4.51. The van der Waals surface area contributed by atoms with Crippen molar-refractivity contribution in [2.75, 3.05) is 0 Å².